The van der Waals surface area contributed by atoms with Gasteiger partial charge in [0, 0.05) is 29.9 Å². The second-order valence-electron chi connectivity index (χ2n) is 6.44. The van der Waals surface area contributed by atoms with Gasteiger partial charge in [0.25, 0.3) is 0 Å². The van der Waals surface area contributed by atoms with E-state index in [0.717, 1.165) is 0 Å². The van der Waals surface area contributed by atoms with Crippen LogP contribution < -0.4 is 0 Å². The molecular formula is C21H18FN3O2S. The zero-order valence-electron chi connectivity index (χ0n) is 15.4. The average molecular weight is 395 g/mol. The van der Waals surface area contributed by atoms with Crippen molar-refractivity contribution in [2.45, 2.75) is 11.8 Å². The summed E-state index contributed by atoms with van der Waals surface area (Å²) in [5.74, 6) is 0.170. The number of hydrogen-bond donors (Lipinski definition) is 0. The van der Waals surface area contributed by atoms with Gasteiger partial charge in [0.15, 0.2) is 15.5 Å². The number of hydrogen-bond acceptors (Lipinski definition) is 4. The molecule has 0 atom stereocenters. The standard InChI is InChI=1S/C21H18FN3O2S/c1-3-28(26,27)19-11-7-5-9-16(19)20-24-18-12-14(13-23-21(18)25(20)2)15-8-4-6-10-17(15)22/h4-13H,3H2,1-2H3. The van der Waals surface area contributed by atoms with Gasteiger partial charge in [0.05, 0.1) is 10.6 Å². The van der Waals surface area contributed by atoms with Crippen molar-refractivity contribution in [2.24, 2.45) is 7.05 Å². The van der Waals surface area contributed by atoms with Crippen molar-refractivity contribution in [1.82, 2.24) is 14.5 Å². The van der Waals surface area contributed by atoms with Gasteiger partial charge in [-0.3, -0.25) is 0 Å². The predicted octanol–water partition coefficient (Wildman–Crippen LogP) is 4.24. The van der Waals surface area contributed by atoms with E-state index in [9.17, 15) is 12.8 Å². The fourth-order valence-electron chi connectivity index (χ4n) is 3.24. The van der Waals surface area contributed by atoms with Crippen LogP contribution in [0.15, 0.2) is 65.7 Å². The summed E-state index contributed by atoms with van der Waals surface area (Å²) in [4.78, 5) is 9.30. The lowest BCUT2D eigenvalue weighted by Gasteiger charge is -2.09. The Morgan fingerprint density at radius 3 is 2.43 bits per heavy atom. The molecule has 2 aromatic carbocycles. The van der Waals surface area contributed by atoms with Gasteiger partial charge >= 0.3 is 0 Å². The van der Waals surface area contributed by atoms with Crippen molar-refractivity contribution >= 4 is 21.0 Å². The third kappa shape index (κ3) is 2.97. The van der Waals surface area contributed by atoms with E-state index in [-0.39, 0.29) is 16.5 Å². The smallest absolute Gasteiger partial charge is 0.178 e. The molecule has 0 saturated carbocycles. The Kier molecular flexibility index (Phi) is 4.47. The highest BCUT2D eigenvalue weighted by Gasteiger charge is 2.21. The lowest BCUT2D eigenvalue weighted by atomic mass is 10.1. The Morgan fingerprint density at radius 2 is 1.71 bits per heavy atom. The summed E-state index contributed by atoms with van der Waals surface area (Å²) in [6.45, 7) is 1.61. The fourth-order valence-corrected chi connectivity index (χ4v) is 4.33. The molecular weight excluding hydrogens is 377 g/mol. The van der Waals surface area contributed by atoms with Crippen molar-refractivity contribution < 1.29 is 12.8 Å². The Labute approximate surface area is 162 Å². The van der Waals surface area contributed by atoms with E-state index in [0.29, 0.717) is 33.7 Å². The maximum atomic E-state index is 14.1. The maximum absolute atomic E-state index is 14.1. The number of rotatable bonds is 4. The van der Waals surface area contributed by atoms with Crippen LogP contribution in [0.5, 0.6) is 0 Å². The van der Waals surface area contributed by atoms with Gasteiger partial charge in [-0.1, -0.05) is 37.3 Å². The summed E-state index contributed by atoms with van der Waals surface area (Å²) in [6, 6.07) is 15.0. The molecule has 0 N–H and O–H groups in total. The molecule has 28 heavy (non-hydrogen) atoms. The summed E-state index contributed by atoms with van der Waals surface area (Å²) < 4.78 is 40.9. The van der Waals surface area contributed by atoms with E-state index in [1.54, 1.807) is 73.3 Å². The zero-order chi connectivity index (χ0) is 19.9. The van der Waals surface area contributed by atoms with Crippen molar-refractivity contribution in [2.75, 3.05) is 5.75 Å². The first kappa shape index (κ1) is 18.3. The van der Waals surface area contributed by atoms with Crippen LogP contribution in [-0.2, 0) is 16.9 Å². The van der Waals surface area contributed by atoms with Crippen molar-refractivity contribution in [3.8, 4) is 22.5 Å². The second kappa shape index (κ2) is 6.83. The van der Waals surface area contributed by atoms with E-state index in [1.165, 1.54) is 6.07 Å². The Balaban J connectivity index is 1.92. The van der Waals surface area contributed by atoms with Crippen LogP contribution in [0.4, 0.5) is 4.39 Å². The Bertz CT molecular complexity index is 1300. The third-order valence-electron chi connectivity index (χ3n) is 4.74. The van der Waals surface area contributed by atoms with Gasteiger partial charge in [0.2, 0.25) is 0 Å². The third-order valence-corrected chi connectivity index (χ3v) is 6.52. The van der Waals surface area contributed by atoms with Crippen LogP contribution >= 0.6 is 0 Å². The molecule has 4 rings (SSSR count). The minimum atomic E-state index is -3.41. The van der Waals surface area contributed by atoms with Crippen molar-refractivity contribution in [3.05, 3.63) is 66.6 Å². The van der Waals surface area contributed by atoms with Crippen LogP contribution in [0, 0.1) is 5.82 Å². The number of imidazole rings is 1. The van der Waals surface area contributed by atoms with Crippen LogP contribution in [0.3, 0.4) is 0 Å². The van der Waals surface area contributed by atoms with Crippen LogP contribution in [0.1, 0.15) is 6.92 Å². The van der Waals surface area contributed by atoms with E-state index in [1.807, 2.05) is 0 Å². The van der Waals surface area contributed by atoms with E-state index >= 15 is 0 Å². The van der Waals surface area contributed by atoms with E-state index in [2.05, 4.69) is 9.97 Å². The molecule has 0 bridgehead atoms. The van der Waals surface area contributed by atoms with Crippen LogP contribution in [0.25, 0.3) is 33.7 Å². The molecule has 0 aliphatic heterocycles. The summed E-state index contributed by atoms with van der Waals surface area (Å²) in [7, 11) is -1.62. The van der Waals surface area contributed by atoms with Crippen LogP contribution in [-0.4, -0.2) is 28.7 Å². The molecule has 2 heterocycles. The van der Waals surface area contributed by atoms with Gasteiger partial charge in [-0.15, -0.1) is 0 Å². The SMILES string of the molecule is CCS(=O)(=O)c1ccccc1-c1nc2cc(-c3ccccc3F)cnc2n1C. The molecule has 0 aliphatic rings. The molecule has 0 amide bonds. The van der Waals surface area contributed by atoms with Gasteiger partial charge < -0.3 is 4.57 Å². The predicted molar refractivity (Wildman–Crippen MR) is 107 cm³/mol. The van der Waals surface area contributed by atoms with Crippen molar-refractivity contribution in [1.29, 1.82) is 0 Å². The quantitative estimate of drug-likeness (QED) is 0.519. The second-order valence-corrected chi connectivity index (χ2v) is 8.69. The largest absolute Gasteiger partial charge is 0.312 e. The highest BCUT2D eigenvalue weighted by atomic mass is 32.2. The lowest BCUT2D eigenvalue weighted by molar-refractivity contribution is 0.597. The molecule has 142 valence electrons. The molecule has 0 radical (unpaired) electrons. The number of aromatic nitrogens is 3. The highest BCUT2D eigenvalue weighted by molar-refractivity contribution is 7.91. The molecule has 0 saturated heterocycles. The zero-order valence-corrected chi connectivity index (χ0v) is 16.2. The summed E-state index contributed by atoms with van der Waals surface area (Å²) >= 11 is 0. The number of nitrogens with zero attached hydrogens (tertiary/aromatic N) is 3. The topological polar surface area (TPSA) is 64.8 Å². The summed E-state index contributed by atoms with van der Waals surface area (Å²) in [5.41, 5.74) is 2.75. The minimum absolute atomic E-state index is 0.00361. The van der Waals surface area contributed by atoms with Crippen LogP contribution in [0.2, 0.25) is 0 Å². The molecule has 4 aromatic rings. The van der Waals surface area contributed by atoms with Gasteiger partial charge in [-0.25, -0.2) is 22.8 Å². The molecule has 0 unspecified atom stereocenters. The number of benzene rings is 2. The first-order valence-electron chi connectivity index (χ1n) is 8.82. The molecule has 0 aliphatic carbocycles. The van der Waals surface area contributed by atoms with Crippen molar-refractivity contribution in [3.63, 3.8) is 0 Å². The molecule has 2 aromatic heterocycles. The molecule has 0 fully saturated rings. The van der Waals surface area contributed by atoms with Gasteiger partial charge in [-0.05, 0) is 24.3 Å². The van der Waals surface area contributed by atoms with Gasteiger partial charge in [0.1, 0.15) is 17.2 Å². The van der Waals surface area contributed by atoms with Gasteiger partial charge in [-0.2, -0.15) is 0 Å². The maximum Gasteiger partial charge on any atom is 0.178 e. The lowest BCUT2D eigenvalue weighted by Crippen LogP contribution is -2.07. The summed E-state index contributed by atoms with van der Waals surface area (Å²) in [6.07, 6.45) is 1.60. The van der Waals surface area contributed by atoms with E-state index in [4.69, 9.17) is 0 Å². The number of pyridine rings is 1. The first-order valence-corrected chi connectivity index (χ1v) is 10.5. The number of sulfone groups is 1. The highest BCUT2D eigenvalue weighted by Crippen LogP contribution is 2.31. The normalized spacial score (nSPS) is 11.8. The molecule has 7 heteroatoms. The monoisotopic (exact) mass is 395 g/mol. The number of halogens is 1. The molecule has 5 nitrogen and oxygen atoms in total. The number of aryl methyl sites for hydroxylation is 1. The first-order chi connectivity index (χ1) is 13.4. The molecule has 0 spiro atoms. The number of fused-ring (bicyclic) bond motifs is 1. The summed E-state index contributed by atoms with van der Waals surface area (Å²) in [5, 5.41) is 0. The minimum Gasteiger partial charge on any atom is -0.312 e. The average Bonchev–Trinajstić information content (AvgIpc) is 3.04. The van der Waals surface area contributed by atoms with E-state index < -0.39 is 9.84 Å². The Hall–Kier alpha value is -3.06. The fraction of sp³-hybridized carbons (Fsp3) is 0.143. The Morgan fingerprint density at radius 1 is 1.04 bits per heavy atom.